The highest BCUT2D eigenvalue weighted by molar-refractivity contribution is 7.16. The zero-order valence-electron chi connectivity index (χ0n) is 18.0. The molecule has 1 heterocycles. The fraction of sp³-hybridized carbons (Fsp3) is 0.240. The smallest absolute Gasteiger partial charge is 0.341 e. The van der Waals surface area contributed by atoms with Crippen LogP contribution in [0.1, 0.15) is 51.8 Å². The van der Waals surface area contributed by atoms with E-state index in [0.29, 0.717) is 16.9 Å². The third-order valence-electron chi connectivity index (χ3n) is 4.72. The Morgan fingerprint density at radius 3 is 2.45 bits per heavy atom. The first-order valence-corrected chi connectivity index (χ1v) is 10.8. The van der Waals surface area contributed by atoms with Gasteiger partial charge in [-0.05, 0) is 55.7 Å². The molecule has 1 aromatic heterocycles. The molecule has 1 N–H and O–H groups in total. The molecular weight excluding hydrogens is 410 g/mol. The van der Waals surface area contributed by atoms with Crippen LogP contribution >= 0.6 is 11.3 Å². The zero-order valence-corrected chi connectivity index (χ0v) is 18.8. The fourth-order valence-corrected chi connectivity index (χ4v) is 4.18. The minimum Gasteiger partial charge on any atom is -0.482 e. The van der Waals surface area contributed by atoms with Crippen LogP contribution in [0.4, 0.5) is 0 Å². The molecule has 0 aliphatic rings. The summed E-state index contributed by atoms with van der Waals surface area (Å²) in [5, 5.41) is 9.68. The first kappa shape index (κ1) is 22.4. The molecule has 0 saturated heterocycles. The molecule has 0 atom stereocenters. The Kier molecular flexibility index (Phi) is 7.02. The number of ether oxygens (including phenoxy) is 1. The normalized spacial score (nSPS) is 11.3. The van der Waals surface area contributed by atoms with Crippen molar-refractivity contribution in [2.45, 2.75) is 33.6 Å². The monoisotopic (exact) mass is 435 g/mol. The van der Waals surface area contributed by atoms with Crippen molar-refractivity contribution >= 4 is 29.2 Å². The third kappa shape index (κ3) is 5.67. The number of nitrogens with zero attached hydrogens (tertiary/aromatic N) is 1. The Morgan fingerprint density at radius 1 is 1.13 bits per heavy atom. The maximum Gasteiger partial charge on any atom is 0.341 e. The van der Waals surface area contributed by atoms with Crippen LogP contribution in [0, 0.1) is 13.8 Å². The molecule has 6 heteroatoms. The maximum absolute atomic E-state index is 12.7. The number of benzene rings is 2. The number of aromatic nitrogens is 1. The Balaban J connectivity index is 1.82. The molecule has 0 unspecified atom stereocenters. The first-order valence-electron chi connectivity index (χ1n) is 10.00. The van der Waals surface area contributed by atoms with Gasteiger partial charge in [-0.3, -0.25) is 4.79 Å². The van der Waals surface area contributed by atoms with Crippen LogP contribution in [0.2, 0.25) is 0 Å². The van der Waals surface area contributed by atoms with Crippen molar-refractivity contribution in [1.82, 2.24) is 4.98 Å². The van der Waals surface area contributed by atoms with Crippen molar-refractivity contribution in [2.24, 2.45) is 0 Å². The zero-order chi connectivity index (χ0) is 22.5. The number of thiazole rings is 1. The van der Waals surface area contributed by atoms with E-state index >= 15 is 0 Å². The van der Waals surface area contributed by atoms with Crippen molar-refractivity contribution in [2.75, 3.05) is 6.61 Å². The van der Waals surface area contributed by atoms with Gasteiger partial charge in [-0.25, -0.2) is 9.78 Å². The topological polar surface area (TPSA) is 76.5 Å². The van der Waals surface area contributed by atoms with Gasteiger partial charge in [0, 0.05) is 11.1 Å². The molecule has 0 bridgehead atoms. The second kappa shape index (κ2) is 9.71. The largest absolute Gasteiger partial charge is 0.482 e. The van der Waals surface area contributed by atoms with Crippen molar-refractivity contribution in [1.29, 1.82) is 0 Å². The van der Waals surface area contributed by atoms with E-state index in [1.807, 2.05) is 6.08 Å². The lowest BCUT2D eigenvalue weighted by Crippen LogP contribution is -2.10. The summed E-state index contributed by atoms with van der Waals surface area (Å²) in [5.41, 5.74) is 4.47. The predicted octanol–water partition coefficient (Wildman–Crippen LogP) is 5.91. The average Bonchev–Trinajstić information content (AvgIpc) is 3.16. The molecule has 0 spiro atoms. The summed E-state index contributed by atoms with van der Waals surface area (Å²) in [4.78, 5) is 29.2. The van der Waals surface area contributed by atoms with Crippen molar-refractivity contribution < 1.29 is 19.4 Å². The van der Waals surface area contributed by atoms with E-state index in [1.54, 1.807) is 42.5 Å². The summed E-state index contributed by atoms with van der Waals surface area (Å²) in [6, 6.07) is 13.2. The van der Waals surface area contributed by atoms with E-state index in [2.05, 4.69) is 45.0 Å². The van der Waals surface area contributed by atoms with Gasteiger partial charge in [-0.15, -0.1) is 11.3 Å². The van der Waals surface area contributed by atoms with E-state index in [4.69, 9.17) is 14.8 Å². The summed E-state index contributed by atoms with van der Waals surface area (Å²) in [6.45, 7) is 7.60. The van der Waals surface area contributed by atoms with E-state index in [-0.39, 0.29) is 11.7 Å². The number of allylic oxidation sites excluding steroid dienone is 1. The highest BCUT2D eigenvalue weighted by Gasteiger charge is 2.14. The maximum atomic E-state index is 12.7. The van der Waals surface area contributed by atoms with E-state index in [1.165, 1.54) is 5.56 Å². The number of carbonyl (C=O) groups is 2. The third-order valence-corrected chi connectivity index (χ3v) is 5.81. The molecule has 0 amide bonds. The summed E-state index contributed by atoms with van der Waals surface area (Å²) in [6.07, 6.45) is 3.39. The number of hydrogen-bond donors (Lipinski definition) is 1. The lowest BCUT2D eigenvalue weighted by atomic mass is 10.1. The number of hydrogen-bond acceptors (Lipinski definition) is 5. The van der Waals surface area contributed by atoms with Crippen LogP contribution in [-0.2, 0) is 4.79 Å². The van der Waals surface area contributed by atoms with Crippen LogP contribution < -0.4 is 4.74 Å². The van der Waals surface area contributed by atoms with Gasteiger partial charge in [-0.2, -0.15) is 0 Å². The van der Waals surface area contributed by atoms with Gasteiger partial charge in [-0.1, -0.05) is 43.7 Å². The number of carboxylic acid groups (broad SMARTS) is 1. The molecule has 5 nitrogen and oxygen atoms in total. The summed E-state index contributed by atoms with van der Waals surface area (Å²) >= 11 is 1.57. The Labute approximate surface area is 186 Å². The molecule has 0 radical (unpaired) electrons. The van der Waals surface area contributed by atoms with Gasteiger partial charge in [0.2, 0.25) is 0 Å². The van der Waals surface area contributed by atoms with E-state index in [9.17, 15) is 9.59 Å². The molecular formula is C25H25NO4S. The molecule has 160 valence electrons. The molecule has 0 aliphatic heterocycles. The highest BCUT2D eigenvalue weighted by atomic mass is 32.1. The van der Waals surface area contributed by atoms with Gasteiger partial charge in [0.1, 0.15) is 10.8 Å². The van der Waals surface area contributed by atoms with Crippen LogP contribution in [0.25, 0.3) is 16.6 Å². The van der Waals surface area contributed by atoms with Crippen LogP contribution in [0.5, 0.6) is 5.75 Å². The van der Waals surface area contributed by atoms with Crippen molar-refractivity contribution in [3.63, 3.8) is 0 Å². The SMILES string of the molecule is Cc1ccc(-c2nc(C(C)C)c(/C=C/C(=O)c3ccc(OCC(=O)O)c(C)c3)s2)cc1. The van der Waals surface area contributed by atoms with Crippen molar-refractivity contribution in [3.8, 4) is 16.3 Å². The predicted molar refractivity (Wildman–Crippen MR) is 124 cm³/mol. The van der Waals surface area contributed by atoms with Crippen LogP contribution in [-0.4, -0.2) is 28.4 Å². The van der Waals surface area contributed by atoms with E-state index in [0.717, 1.165) is 21.1 Å². The first-order chi connectivity index (χ1) is 14.7. The number of carbonyl (C=O) groups excluding carboxylic acids is 1. The summed E-state index contributed by atoms with van der Waals surface area (Å²) < 4.78 is 5.22. The minimum atomic E-state index is -1.04. The standard InChI is InChI=1S/C25H25NO4S/c1-15(2)24-22(31-25(26-24)18-7-5-16(3)6-8-18)12-10-20(27)19-9-11-21(17(4)13-19)30-14-23(28)29/h5-13,15H,14H2,1-4H3,(H,28,29)/b12-10+. The molecule has 0 fully saturated rings. The van der Waals surface area contributed by atoms with Gasteiger partial charge >= 0.3 is 5.97 Å². The van der Waals surface area contributed by atoms with Crippen LogP contribution in [0.3, 0.4) is 0 Å². The van der Waals surface area contributed by atoms with Crippen molar-refractivity contribution in [3.05, 3.63) is 75.8 Å². The molecule has 2 aromatic carbocycles. The highest BCUT2D eigenvalue weighted by Crippen LogP contribution is 2.33. The number of aryl methyl sites for hydroxylation is 2. The number of rotatable bonds is 8. The quantitative estimate of drug-likeness (QED) is 0.352. The average molecular weight is 436 g/mol. The molecule has 0 saturated carbocycles. The van der Waals surface area contributed by atoms with Gasteiger partial charge < -0.3 is 9.84 Å². The lowest BCUT2D eigenvalue weighted by Gasteiger charge is -2.07. The molecule has 3 aromatic rings. The molecule has 31 heavy (non-hydrogen) atoms. The number of ketones is 1. The van der Waals surface area contributed by atoms with E-state index < -0.39 is 12.6 Å². The summed E-state index contributed by atoms with van der Waals surface area (Å²) in [5.74, 6) is -0.487. The second-order valence-electron chi connectivity index (χ2n) is 7.65. The summed E-state index contributed by atoms with van der Waals surface area (Å²) in [7, 11) is 0. The lowest BCUT2D eigenvalue weighted by molar-refractivity contribution is -0.139. The number of carboxylic acids is 1. The van der Waals surface area contributed by atoms with Crippen LogP contribution in [0.15, 0.2) is 48.5 Å². The molecule has 0 aliphatic carbocycles. The van der Waals surface area contributed by atoms with Gasteiger partial charge in [0.05, 0.1) is 10.6 Å². The number of aliphatic carboxylic acids is 1. The van der Waals surface area contributed by atoms with Gasteiger partial charge in [0.15, 0.2) is 12.4 Å². The fourth-order valence-electron chi connectivity index (χ4n) is 3.05. The van der Waals surface area contributed by atoms with Gasteiger partial charge in [0.25, 0.3) is 0 Å². The minimum absolute atomic E-state index is 0.132. The Morgan fingerprint density at radius 2 is 1.84 bits per heavy atom. The Bertz CT molecular complexity index is 1130. The Hall–Kier alpha value is -3.25. The second-order valence-corrected chi connectivity index (χ2v) is 8.68. The molecule has 3 rings (SSSR count).